The molecule has 2 aliphatic rings. The van der Waals surface area contributed by atoms with Gasteiger partial charge in [-0.2, -0.15) is 0 Å². The Morgan fingerprint density at radius 3 is 2.76 bits per heavy atom. The zero-order chi connectivity index (χ0) is 11.5. The summed E-state index contributed by atoms with van der Waals surface area (Å²) in [7, 11) is 0. The minimum absolute atomic E-state index is 0.690. The van der Waals surface area contributed by atoms with Crippen LogP contribution in [0.25, 0.3) is 0 Å². The molecule has 2 unspecified atom stereocenters. The molecule has 17 heavy (non-hydrogen) atoms. The first-order chi connectivity index (χ1) is 8.42. The van der Waals surface area contributed by atoms with Gasteiger partial charge in [0.25, 0.3) is 0 Å². The first-order valence-electron chi connectivity index (χ1n) is 6.95. The zero-order valence-corrected chi connectivity index (χ0v) is 10.4. The van der Waals surface area contributed by atoms with Crippen LogP contribution in [0.2, 0.25) is 0 Å². The number of hydrogen-bond donors (Lipinski definition) is 2. The predicted molar refractivity (Wildman–Crippen MR) is 71.3 cm³/mol. The Hall–Kier alpha value is -0.860. The molecule has 1 aromatic rings. The Bertz CT molecular complexity index is 369. The fourth-order valence-corrected chi connectivity index (χ4v) is 3.17. The Balaban J connectivity index is 1.60. The number of hydrogen-bond acceptors (Lipinski definition) is 2. The van der Waals surface area contributed by atoms with Crippen LogP contribution in [0.4, 0.5) is 0 Å². The first kappa shape index (κ1) is 11.2. The molecule has 1 fully saturated rings. The average Bonchev–Trinajstić information content (AvgIpc) is 2.40. The van der Waals surface area contributed by atoms with Crippen molar-refractivity contribution in [2.45, 2.75) is 44.2 Å². The second-order valence-electron chi connectivity index (χ2n) is 5.42. The lowest BCUT2D eigenvalue weighted by atomic mass is 9.87. The molecule has 92 valence electrons. The highest BCUT2D eigenvalue weighted by Gasteiger charge is 2.21. The normalized spacial score (nSPS) is 28.7. The van der Waals surface area contributed by atoms with Gasteiger partial charge in [0.1, 0.15) is 0 Å². The molecule has 2 nitrogen and oxygen atoms in total. The summed E-state index contributed by atoms with van der Waals surface area (Å²) in [6.07, 6.45) is 6.42. The van der Waals surface area contributed by atoms with Gasteiger partial charge >= 0.3 is 0 Å². The molecule has 1 aliphatic heterocycles. The van der Waals surface area contributed by atoms with Gasteiger partial charge < -0.3 is 10.6 Å². The lowest BCUT2D eigenvalue weighted by Crippen LogP contribution is -2.48. The van der Waals surface area contributed by atoms with E-state index in [0.717, 1.165) is 6.54 Å². The molecule has 1 aliphatic carbocycles. The minimum atomic E-state index is 0.690. The summed E-state index contributed by atoms with van der Waals surface area (Å²) in [5, 5.41) is 7.32. The Morgan fingerprint density at radius 1 is 1.06 bits per heavy atom. The van der Waals surface area contributed by atoms with E-state index in [1.807, 2.05) is 0 Å². The molecular formula is C15H22N2. The van der Waals surface area contributed by atoms with E-state index in [1.54, 1.807) is 11.1 Å². The third-order valence-corrected chi connectivity index (χ3v) is 4.12. The number of aryl methyl sites for hydroxylation is 1. The zero-order valence-electron chi connectivity index (χ0n) is 10.4. The monoisotopic (exact) mass is 230 g/mol. The molecule has 1 heterocycles. The molecule has 0 bridgehead atoms. The SMILES string of the molecule is c1ccc2c(c1)CCC(NC1CCCNC1)C2. The second kappa shape index (κ2) is 5.19. The lowest BCUT2D eigenvalue weighted by Gasteiger charge is -2.32. The molecule has 3 rings (SSSR count). The Morgan fingerprint density at radius 2 is 1.94 bits per heavy atom. The summed E-state index contributed by atoms with van der Waals surface area (Å²) in [6, 6.07) is 10.3. The Kier molecular flexibility index (Phi) is 3.44. The highest BCUT2D eigenvalue weighted by atomic mass is 15.0. The average molecular weight is 230 g/mol. The lowest BCUT2D eigenvalue weighted by molar-refractivity contribution is 0.333. The van der Waals surface area contributed by atoms with Crippen LogP contribution in [0.5, 0.6) is 0 Å². The van der Waals surface area contributed by atoms with E-state index in [9.17, 15) is 0 Å². The predicted octanol–water partition coefficient (Wildman–Crippen LogP) is 1.89. The van der Waals surface area contributed by atoms with Crippen molar-refractivity contribution in [3.63, 3.8) is 0 Å². The Labute approximate surface area is 104 Å². The van der Waals surface area contributed by atoms with Crippen LogP contribution >= 0.6 is 0 Å². The molecule has 0 spiro atoms. The van der Waals surface area contributed by atoms with Crippen molar-refractivity contribution >= 4 is 0 Å². The minimum Gasteiger partial charge on any atom is -0.315 e. The standard InChI is InChI=1S/C15H22N2/c1-2-5-13-10-14(8-7-12(13)4-1)17-15-6-3-9-16-11-15/h1-2,4-5,14-17H,3,6-11H2. The third kappa shape index (κ3) is 2.70. The van der Waals surface area contributed by atoms with Crippen LogP contribution in [0, 0.1) is 0 Å². The van der Waals surface area contributed by atoms with Crippen molar-refractivity contribution < 1.29 is 0 Å². The maximum atomic E-state index is 3.84. The number of fused-ring (bicyclic) bond motifs is 1. The van der Waals surface area contributed by atoms with Crippen LogP contribution < -0.4 is 10.6 Å². The van der Waals surface area contributed by atoms with Gasteiger partial charge in [0.2, 0.25) is 0 Å². The van der Waals surface area contributed by atoms with Crippen molar-refractivity contribution in [1.29, 1.82) is 0 Å². The largest absolute Gasteiger partial charge is 0.315 e. The van der Waals surface area contributed by atoms with Crippen molar-refractivity contribution in [3.8, 4) is 0 Å². The molecule has 0 aromatic heterocycles. The van der Waals surface area contributed by atoms with E-state index < -0.39 is 0 Å². The van der Waals surface area contributed by atoms with Gasteiger partial charge in [0.15, 0.2) is 0 Å². The highest BCUT2D eigenvalue weighted by Crippen LogP contribution is 2.21. The van der Waals surface area contributed by atoms with Crippen molar-refractivity contribution in [3.05, 3.63) is 35.4 Å². The number of benzene rings is 1. The number of nitrogens with one attached hydrogen (secondary N) is 2. The fraction of sp³-hybridized carbons (Fsp3) is 0.600. The van der Waals surface area contributed by atoms with Gasteiger partial charge in [-0.3, -0.25) is 0 Å². The number of piperidine rings is 1. The molecular weight excluding hydrogens is 208 g/mol. The molecule has 1 saturated heterocycles. The maximum absolute atomic E-state index is 3.84. The van der Waals surface area contributed by atoms with E-state index >= 15 is 0 Å². The number of rotatable bonds is 2. The molecule has 0 radical (unpaired) electrons. The van der Waals surface area contributed by atoms with Crippen LogP contribution in [0.15, 0.2) is 24.3 Å². The van der Waals surface area contributed by atoms with Crippen molar-refractivity contribution in [2.75, 3.05) is 13.1 Å². The summed E-state index contributed by atoms with van der Waals surface area (Å²) in [6.45, 7) is 2.35. The smallest absolute Gasteiger partial charge is 0.0195 e. The highest BCUT2D eigenvalue weighted by molar-refractivity contribution is 5.30. The summed E-state index contributed by atoms with van der Waals surface area (Å²) >= 11 is 0. The summed E-state index contributed by atoms with van der Waals surface area (Å²) in [5.74, 6) is 0. The van der Waals surface area contributed by atoms with Gasteiger partial charge in [0, 0.05) is 18.6 Å². The third-order valence-electron chi connectivity index (χ3n) is 4.12. The van der Waals surface area contributed by atoms with Crippen LogP contribution in [0.3, 0.4) is 0 Å². The van der Waals surface area contributed by atoms with E-state index in [1.165, 1.54) is 38.6 Å². The molecule has 2 atom stereocenters. The van der Waals surface area contributed by atoms with Gasteiger partial charge in [-0.15, -0.1) is 0 Å². The van der Waals surface area contributed by atoms with E-state index in [4.69, 9.17) is 0 Å². The van der Waals surface area contributed by atoms with Crippen LogP contribution in [-0.2, 0) is 12.8 Å². The summed E-state index contributed by atoms with van der Waals surface area (Å²) in [4.78, 5) is 0. The maximum Gasteiger partial charge on any atom is 0.0195 e. The van der Waals surface area contributed by atoms with Gasteiger partial charge in [-0.1, -0.05) is 24.3 Å². The molecule has 2 N–H and O–H groups in total. The molecule has 1 aromatic carbocycles. The van der Waals surface area contributed by atoms with Gasteiger partial charge in [-0.25, -0.2) is 0 Å². The fourth-order valence-electron chi connectivity index (χ4n) is 3.17. The second-order valence-corrected chi connectivity index (χ2v) is 5.42. The molecule has 0 saturated carbocycles. The van der Waals surface area contributed by atoms with Crippen LogP contribution in [0.1, 0.15) is 30.4 Å². The van der Waals surface area contributed by atoms with Gasteiger partial charge in [-0.05, 0) is 49.8 Å². The summed E-state index contributed by atoms with van der Waals surface area (Å²) < 4.78 is 0. The van der Waals surface area contributed by atoms with E-state index in [-0.39, 0.29) is 0 Å². The van der Waals surface area contributed by atoms with Crippen molar-refractivity contribution in [1.82, 2.24) is 10.6 Å². The van der Waals surface area contributed by atoms with E-state index in [0.29, 0.717) is 12.1 Å². The topological polar surface area (TPSA) is 24.1 Å². The molecule has 0 amide bonds. The van der Waals surface area contributed by atoms with Gasteiger partial charge in [0.05, 0.1) is 0 Å². The molecule has 2 heteroatoms. The quantitative estimate of drug-likeness (QED) is 0.810. The van der Waals surface area contributed by atoms with Crippen LogP contribution in [-0.4, -0.2) is 25.2 Å². The van der Waals surface area contributed by atoms with Crippen molar-refractivity contribution in [2.24, 2.45) is 0 Å². The summed E-state index contributed by atoms with van der Waals surface area (Å²) in [5.41, 5.74) is 3.12. The van der Waals surface area contributed by atoms with E-state index in [2.05, 4.69) is 34.9 Å². The first-order valence-corrected chi connectivity index (χ1v) is 6.95.